The van der Waals surface area contributed by atoms with Crippen molar-refractivity contribution < 1.29 is 40.2 Å². The minimum atomic E-state index is -1.36. The molecule has 2 fully saturated rings. The lowest BCUT2D eigenvalue weighted by Gasteiger charge is -2.56. The van der Waals surface area contributed by atoms with Gasteiger partial charge >= 0.3 is 0 Å². The van der Waals surface area contributed by atoms with Crippen molar-refractivity contribution in [2.75, 3.05) is 13.2 Å². The number of hydrogen-bond acceptors (Lipinski definition) is 10. The quantitative estimate of drug-likeness (QED) is 0.0458. The second-order valence-corrected chi connectivity index (χ2v) is 23.0. The highest BCUT2D eigenvalue weighted by atomic mass is 16.3. The predicted molar refractivity (Wildman–Crippen MR) is 304 cm³/mol. The van der Waals surface area contributed by atoms with Crippen LogP contribution in [0.2, 0.25) is 0 Å². The lowest BCUT2D eigenvalue weighted by molar-refractivity contribution is -0.168. The molecular weight excluding hydrogens is 963 g/mol. The molecule has 4 aromatic carbocycles. The molecule has 0 aromatic heterocycles. The third-order valence-electron chi connectivity index (χ3n) is 17.8. The van der Waals surface area contributed by atoms with Crippen LogP contribution in [0.1, 0.15) is 136 Å². The lowest BCUT2D eigenvalue weighted by atomic mass is 9.52. The Kier molecular flexibility index (Phi) is 19.2. The van der Waals surface area contributed by atoms with E-state index in [1.54, 1.807) is 19.1 Å². The summed E-state index contributed by atoms with van der Waals surface area (Å²) in [6, 6.07) is 30.1. The molecule has 4 aliphatic rings. The van der Waals surface area contributed by atoms with E-state index in [0.717, 1.165) is 59.9 Å². The summed E-state index contributed by atoms with van der Waals surface area (Å²) in [4.78, 5) is 28.9. The number of Topliss-reactive ketones (excluding diaryl/α,β-unsaturated/α-hetero) is 1. The highest BCUT2D eigenvalue weighted by Crippen LogP contribution is 2.63. The number of aryl methyl sites for hydroxylation is 1. The Morgan fingerprint density at radius 1 is 0.883 bits per heavy atom. The van der Waals surface area contributed by atoms with Gasteiger partial charge in [0, 0.05) is 24.3 Å². The highest BCUT2D eigenvalue weighted by molar-refractivity contribution is 5.98. The molecule has 77 heavy (non-hydrogen) atoms. The molecule has 410 valence electrons. The molecule has 10 atom stereocenters. The molecule has 0 saturated heterocycles. The number of benzene rings is 4. The Balaban J connectivity index is 1.08. The zero-order chi connectivity index (χ0) is 54.9. The first kappa shape index (κ1) is 57.4. The Morgan fingerprint density at radius 3 is 2.38 bits per heavy atom. The van der Waals surface area contributed by atoms with Crippen LogP contribution in [0.4, 0.5) is 0 Å². The summed E-state index contributed by atoms with van der Waals surface area (Å²) in [7, 11) is 0. The largest absolute Gasteiger partial charge is 0.508 e. The summed E-state index contributed by atoms with van der Waals surface area (Å²) in [6.07, 6.45) is 13.0. The van der Waals surface area contributed by atoms with Crippen LogP contribution < -0.4 is 16.4 Å². The number of rotatable bonds is 13. The van der Waals surface area contributed by atoms with Gasteiger partial charge in [0.25, 0.3) is 0 Å². The number of phenols is 1. The van der Waals surface area contributed by atoms with Gasteiger partial charge in [-0.05, 0) is 185 Å². The molecule has 11 nitrogen and oxygen atoms in total. The number of carbonyl (C=O) groups is 2. The first-order valence-corrected chi connectivity index (χ1v) is 28.1. The van der Waals surface area contributed by atoms with Gasteiger partial charge < -0.3 is 41.7 Å². The number of fused-ring (bicyclic) bond motifs is 4. The summed E-state index contributed by atoms with van der Waals surface area (Å²) in [5.74, 6) is -1.65. The number of carbonyl (C=O) groups excluding carboxylic acids is 2. The van der Waals surface area contributed by atoms with Crippen molar-refractivity contribution in [3.05, 3.63) is 195 Å². The minimum Gasteiger partial charge on any atom is -0.508 e. The van der Waals surface area contributed by atoms with Gasteiger partial charge in [0.2, 0.25) is 5.91 Å². The van der Waals surface area contributed by atoms with Gasteiger partial charge in [0.1, 0.15) is 18.0 Å². The first-order chi connectivity index (χ1) is 37.0. The SMILES string of the molecule is C=C(/C=C/C=C(/CO)[C@H]1CC[C@@]2([C@@H]3CC[C@H](O)Cc4cccc(c4)C[C@H](Cc4ccc(O)cc4)[C@H](O)CN[C@H]4C(=O)N[C@@H](N)c5cccc(c54)CC(=O)/C(C)=C/3CC[C@@]2(C)O)[C@@H]1O)CC/C=C(/C)CCCc1ccccc1. The van der Waals surface area contributed by atoms with Crippen LogP contribution in [-0.4, -0.2) is 79.4 Å². The number of nitrogens with two attached hydrogens (primary N) is 1. The van der Waals surface area contributed by atoms with Crippen molar-refractivity contribution in [1.82, 2.24) is 10.6 Å². The van der Waals surface area contributed by atoms with E-state index in [4.69, 9.17) is 5.73 Å². The van der Waals surface area contributed by atoms with E-state index in [-0.39, 0.29) is 42.9 Å². The summed E-state index contributed by atoms with van der Waals surface area (Å²) in [5.41, 5.74) is 14.6. The summed E-state index contributed by atoms with van der Waals surface area (Å²) in [5, 5.41) is 76.8. The van der Waals surface area contributed by atoms with E-state index in [9.17, 15) is 40.2 Å². The highest BCUT2D eigenvalue weighted by Gasteiger charge is 2.64. The van der Waals surface area contributed by atoms with E-state index in [1.165, 1.54) is 11.1 Å². The van der Waals surface area contributed by atoms with Gasteiger partial charge in [0.05, 0.1) is 30.5 Å². The Hall–Kier alpha value is -5.76. The predicted octanol–water partition coefficient (Wildman–Crippen LogP) is 9.40. The number of amides is 1. The van der Waals surface area contributed by atoms with Crippen molar-refractivity contribution in [1.29, 1.82) is 0 Å². The van der Waals surface area contributed by atoms with E-state index < -0.39 is 53.4 Å². The van der Waals surface area contributed by atoms with Crippen LogP contribution >= 0.6 is 0 Å². The topological polar surface area (TPSA) is 206 Å². The van der Waals surface area contributed by atoms with Crippen LogP contribution in [0.5, 0.6) is 5.75 Å². The molecule has 11 heteroatoms. The number of phenolic OH excluding ortho intramolecular Hbond substituents is 1. The fourth-order valence-electron chi connectivity index (χ4n) is 13.4. The maximum atomic E-state index is 15.0. The summed E-state index contributed by atoms with van der Waals surface area (Å²) in [6.45, 7) is 9.90. The van der Waals surface area contributed by atoms with Crippen molar-refractivity contribution in [2.45, 2.75) is 153 Å². The Morgan fingerprint density at radius 2 is 1.62 bits per heavy atom. The molecule has 2 aliphatic heterocycles. The summed E-state index contributed by atoms with van der Waals surface area (Å²) < 4.78 is 0. The van der Waals surface area contributed by atoms with E-state index in [2.05, 4.69) is 60.5 Å². The maximum absolute atomic E-state index is 15.0. The number of allylic oxidation sites excluding steroid dienone is 8. The Labute approximate surface area is 456 Å². The molecular formula is C66H83N3O8. The standard InChI is InChI=1S/C66H83N3O8/c1-42(15-9-19-45-17-6-5-7-18-45)13-8-14-43(2)16-10-23-50(41-70)55-32-34-66(62(55)75)57-30-29-53(72)38-48-21-11-20-47(35-48)37-51(36-46-25-27-52(71)28-26-46)59(74)40-68-61-60-49(22-12-24-56(60)63(67)69-64(61)76)39-58(73)44(3)54(57)31-33-65(66,4)77/h5-7,10-13,16-18,20-28,35,51,53,55,57,59,61-63,68,70-72,74-75,77H,2,8-9,14-15,19,29-34,36-41,67H2,1,3-4H3,(H,69,76)/b16-10+,42-13-,50-23-,54-44+/t51-,53-,55+,57+,59+,61+,62+,63+,65+,66+/m0/s1. The number of β-amino-alcohol motifs (C(OH)–C–C–N with tert-alkyl or cyclic N) is 1. The fraction of sp³-hybridized carbons (Fsp3) is 0.455. The Bertz CT molecular complexity index is 2830. The van der Waals surface area contributed by atoms with Gasteiger partial charge in [-0.3, -0.25) is 14.9 Å². The zero-order valence-corrected chi connectivity index (χ0v) is 45.5. The van der Waals surface area contributed by atoms with E-state index in [0.29, 0.717) is 85.6 Å². The molecule has 8 rings (SSSR count). The second kappa shape index (κ2) is 25.8. The first-order valence-electron chi connectivity index (χ1n) is 28.1. The van der Waals surface area contributed by atoms with Crippen molar-refractivity contribution in [2.24, 2.45) is 28.9 Å². The number of nitrogens with one attached hydrogen (secondary N) is 2. The average Bonchev–Trinajstić information content (AvgIpc) is 3.82. The third kappa shape index (κ3) is 13.6. The van der Waals surface area contributed by atoms with Crippen LogP contribution in [0.25, 0.3) is 0 Å². The summed E-state index contributed by atoms with van der Waals surface area (Å²) >= 11 is 0. The van der Waals surface area contributed by atoms with Gasteiger partial charge in [-0.2, -0.15) is 0 Å². The average molecular weight is 1050 g/mol. The molecule has 0 radical (unpaired) electrons. The number of aromatic hydroxyl groups is 1. The molecule has 1 amide bonds. The van der Waals surface area contributed by atoms with Gasteiger partial charge in [-0.25, -0.2) is 0 Å². The molecule has 2 heterocycles. The van der Waals surface area contributed by atoms with Gasteiger partial charge in [-0.1, -0.05) is 133 Å². The zero-order valence-electron chi connectivity index (χ0n) is 45.5. The van der Waals surface area contributed by atoms with Crippen LogP contribution in [0.15, 0.2) is 156 Å². The third-order valence-corrected chi connectivity index (χ3v) is 17.8. The fourth-order valence-corrected chi connectivity index (χ4v) is 13.4. The molecule has 2 aliphatic carbocycles. The molecule has 10 N–H and O–H groups in total. The monoisotopic (exact) mass is 1050 g/mol. The van der Waals surface area contributed by atoms with Crippen LogP contribution in [-0.2, 0) is 41.7 Å². The number of hydrogen-bond donors (Lipinski definition) is 9. The molecule has 2 saturated carbocycles. The minimum absolute atomic E-state index is 0.0407. The number of aliphatic hydroxyl groups excluding tert-OH is 4. The van der Waals surface area contributed by atoms with Crippen molar-refractivity contribution in [3.63, 3.8) is 0 Å². The number of ketones is 1. The molecule has 0 unspecified atom stereocenters. The smallest absolute Gasteiger partial charge is 0.243 e. The van der Waals surface area contributed by atoms with Crippen LogP contribution in [0, 0.1) is 23.2 Å². The van der Waals surface area contributed by atoms with Gasteiger partial charge in [0.15, 0.2) is 5.78 Å². The molecule has 1 spiro atoms. The van der Waals surface area contributed by atoms with E-state index in [1.807, 2.05) is 79.7 Å². The maximum Gasteiger partial charge on any atom is 0.243 e. The van der Waals surface area contributed by atoms with Crippen LogP contribution in [0.3, 0.4) is 0 Å². The second-order valence-electron chi connectivity index (χ2n) is 23.0. The molecule has 2 bridgehead atoms. The van der Waals surface area contributed by atoms with Crippen molar-refractivity contribution >= 4 is 11.7 Å². The molecule has 4 aromatic rings. The van der Waals surface area contributed by atoms with Crippen molar-refractivity contribution in [3.8, 4) is 5.75 Å². The lowest BCUT2D eigenvalue weighted by Crippen LogP contribution is -2.59. The van der Waals surface area contributed by atoms with Gasteiger partial charge in [-0.15, -0.1) is 0 Å². The van der Waals surface area contributed by atoms with E-state index >= 15 is 0 Å². The normalized spacial score (nSPS) is 29.7. The number of aliphatic hydroxyl groups is 5.